The first kappa shape index (κ1) is 16.5. The van der Waals surface area contributed by atoms with Crippen molar-refractivity contribution in [1.29, 1.82) is 0 Å². The van der Waals surface area contributed by atoms with E-state index < -0.39 is 0 Å². The van der Waals surface area contributed by atoms with Crippen molar-refractivity contribution < 1.29 is 0 Å². The van der Waals surface area contributed by atoms with Crippen LogP contribution in [0.5, 0.6) is 0 Å². The first-order valence-electron chi connectivity index (χ1n) is 7.90. The van der Waals surface area contributed by atoms with E-state index in [1.165, 1.54) is 5.56 Å². The molecule has 0 saturated carbocycles. The highest BCUT2D eigenvalue weighted by Gasteiger charge is 2.19. The van der Waals surface area contributed by atoms with E-state index in [0.717, 1.165) is 35.3 Å². The van der Waals surface area contributed by atoms with Crippen LogP contribution >= 0.6 is 0 Å². The van der Waals surface area contributed by atoms with Gasteiger partial charge >= 0.3 is 0 Å². The monoisotopic (exact) mass is 298 g/mol. The predicted molar refractivity (Wildman–Crippen MR) is 92.4 cm³/mol. The van der Waals surface area contributed by atoms with Crippen LogP contribution in [0.2, 0.25) is 0 Å². The Hall–Kier alpha value is -1.87. The highest BCUT2D eigenvalue weighted by atomic mass is 16.1. The molecule has 2 aromatic rings. The molecule has 2 rings (SSSR count). The minimum absolute atomic E-state index is 0.0480. The topological polar surface area (TPSA) is 48.0 Å². The summed E-state index contributed by atoms with van der Waals surface area (Å²) < 4.78 is 1.84. The SMILES string of the molecule is CCCn1c(C)cc(C)c(C(N)c2ccc(C)cc2C)c1=O. The molecule has 22 heavy (non-hydrogen) atoms. The van der Waals surface area contributed by atoms with Gasteiger partial charge in [0.05, 0.1) is 6.04 Å². The summed E-state index contributed by atoms with van der Waals surface area (Å²) in [6, 6.07) is 7.89. The van der Waals surface area contributed by atoms with Crippen molar-refractivity contribution in [2.75, 3.05) is 0 Å². The zero-order valence-corrected chi connectivity index (χ0v) is 14.2. The van der Waals surface area contributed by atoms with E-state index in [9.17, 15) is 4.79 Å². The molecule has 118 valence electrons. The molecular formula is C19H26N2O. The van der Waals surface area contributed by atoms with Crippen LogP contribution in [-0.2, 0) is 6.54 Å². The molecule has 0 aliphatic heterocycles. The van der Waals surface area contributed by atoms with Gasteiger partial charge in [0.2, 0.25) is 0 Å². The Labute approximate surface area is 132 Å². The van der Waals surface area contributed by atoms with E-state index >= 15 is 0 Å². The van der Waals surface area contributed by atoms with Crippen LogP contribution in [0.25, 0.3) is 0 Å². The number of hydrogen-bond donors (Lipinski definition) is 1. The smallest absolute Gasteiger partial charge is 0.256 e. The Morgan fingerprint density at radius 2 is 1.77 bits per heavy atom. The normalized spacial score (nSPS) is 12.5. The fourth-order valence-corrected chi connectivity index (χ4v) is 3.15. The van der Waals surface area contributed by atoms with Gasteiger partial charge in [-0.05, 0) is 56.9 Å². The third kappa shape index (κ3) is 3.00. The lowest BCUT2D eigenvalue weighted by atomic mass is 9.92. The lowest BCUT2D eigenvalue weighted by Crippen LogP contribution is -2.31. The van der Waals surface area contributed by atoms with Gasteiger partial charge in [-0.15, -0.1) is 0 Å². The Morgan fingerprint density at radius 1 is 1.09 bits per heavy atom. The summed E-state index contributed by atoms with van der Waals surface area (Å²) in [5, 5.41) is 0. The molecule has 0 aliphatic rings. The molecule has 1 aromatic carbocycles. The Kier molecular flexibility index (Phi) is 4.87. The number of aromatic nitrogens is 1. The average molecular weight is 298 g/mol. The molecule has 0 fully saturated rings. The van der Waals surface area contributed by atoms with Gasteiger partial charge in [-0.3, -0.25) is 4.79 Å². The standard InChI is InChI=1S/C19H26N2O/c1-6-9-21-15(5)11-14(4)17(19(21)22)18(20)16-8-7-12(2)10-13(16)3/h7-8,10-11,18H,6,9,20H2,1-5H3. The minimum atomic E-state index is -0.378. The summed E-state index contributed by atoms with van der Waals surface area (Å²) in [7, 11) is 0. The third-order valence-corrected chi connectivity index (χ3v) is 4.27. The maximum absolute atomic E-state index is 12.9. The van der Waals surface area contributed by atoms with Crippen LogP contribution in [0.15, 0.2) is 29.1 Å². The van der Waals surface area contributed by atoms with Crippen molar-refractivity contribution in [1.82, 2.24) is 4.57 Å². The van der Waals surface area contributed by atoms with E-state index in [1.54, 1.807) is 0 Å². The number of benzene rings is 1. The van der Waals surface area contributed by atoms with Crippen molar-refractivity contribution in [3.63, 3.8) is 0 Å². The van der Waals surface area contributed by atoms with Gasteiger partial charge in [-0.25, -0.2) is 0 Å². The summed E-state index contributed by atoms with van der Waals surface area (Å²) in [5.41, 5.74) is 12.6. The van der Waals surface area contributed by atoms with Crippen LogP contribution in [0.1, 0.15) is 52.9 Å². The highest BCUT2D eigenvalue weighted by Crippen LogP contribution is 2.24. The number of nitrogens with two attached hydrogens (primary N) is 1. The second-order valence-electron chi connectivity index (χ2n) is 6.18. The van der Waals surface area contributed by atoms with Gasteiger partial charge in [0.15, 0.2) is 0 Å². The summed E-state index contributed by atoms with van der Waals surface area (Å²) in [5.74, 6) is 0. The molecule has 0 spiro atoms. The summed E-state index contributed by atoms with van der Waals surface area (Å²) in [6.07, 6.45) is 0.933. The first-order valence-corrected chi connectivity index (χ1v) is 7.90. The predicted octanol–water partition coefficient (Wildman–Crippen LogP) is 3.54. The van der Waals surface area contributed by atoms with E-state index in [1.807, 2.05) is 24.5 Å². The lowest BCUT2D eigenvalue weighted by Gasteiger charge is -2.20. The fraction of sp³-hybridized carbons (Fsp3) is 0.421. The molecule has 0 aliphatic carbocycles. The van der Waals surface area contributed by atoms with E-state index in [4.69, 9.17) is 5.73 Å². The van der Waals surface area contributed by atoms with E-state index in [-0.39, 0.29) is 11.6 Å². The number of hydrogen-bond acceptors (Lipinski definition) is 2. The maximum Gasteiger partial charge on any atom is 0.256 e. The van der Waals surface area contributed by atoms with Gasteiger partial charge in [0, 0.05) is 17.8 Å². The zero-order chi connectivity index (χ0) is 16.4. The zero-order valence-electron chi connectivity index (χ0n) is 14.2. The minimum Gasteiger partial charge on any atom is -0.320 e. The lowest BCUT2D eigenvalue weighted by molar-refractivity contribution is 0.620. The summed E-state index contributed by atoms with van der Waals surface area (Å²) >= 11 is 0. The average Bonchev–Trinajstić information content (AvgIpc) is 2.43. The second-order valence-corrected chi connectivity index (χ2v) is 6.18. The molecule has 1 aromatic heterocycles. The molecule has 0 bridgehead atoms. The van der Waals surface area contributed by atoms with Crippen LogP contribution in [0.4, 0.5) is 0 Å². The van der Waals surface area contributed by atoms with Crippen molar-refractivity contribution in [3.05, 3.63) is 68.1 Å². The molecular weight excluding hydrogens is 272 g/mol. The van der Waals surface area contributed by atoms with E-state index in [2.05, 4.69) is 39.0 Å². The van der Waals surface area contributed by atoms with Crippen molar-refractivity contribution in [2.45, 2.75) is 53.6 Å². The first-order chi connectivity index (χ1) is 10.4. The van der Waals surface area contributed by atoms with Crippen LogP contribution in [0.3, 0.4) is 0 Å². The molecule has 0 amide bonds. The van der Waals surface area contributed by atoms with Crippen LogP contribution in [0, 0.1) is 27.7 Å². The molecule has 0 radical (unpaired) electrons. The van der Waals surface area contributed by atoms with Gasteiger partial charge < -0.3 is 10.3 Å². The van der Waals surface area contributed by atoms with Gasteiger partial charge in [-0.2, -0.15) is 0 Å². The third-order valence-electron chi connectivity index (χ3n) is 4.27. The number of nitrogens with zero attached hydrogens (tertiary/aromatic N) is 1. The van der Waals surface area contributed by atoms with Crippen molar-refractivity contribution in [2.24, 2.45) is 5.73 Å². The number of pyridine rings is 1. The Bertz CT molecular complexity index is 744. The molecule has 1 atom stereocenters. The van der Waals surface area contributed by atoms with Gasteiger partial charge in [-0.1, -0.05) is 30.7 Å². The summed E-state index contributed by atoms with van der Waals surface area (Å²) in [6.45, 7) is 10.9. The van der Waals surface area contributed by atoms with Crippen molar-refractivity contribution >= 4 is 0 Å². The van der Waals surface area contributed by atoms with Gasteiger partial charge in [0.1, 0.15) is 0 Å². The van der Waals surface area contributed by atoms with Crippen LogP contribution in [-0.4, -0.2) is 4.57 Å². The van der Waals surface area contributed by atoms with Crippen LogP contribution < -0.4 is 11.3 Å². The fourth-order valence-electron chi connectivity index (χ4n) is 3.15. The quantitative estimate of drug-likeness (QED) is 0.938. The molecule has 1 unspecified atom stereocenters. The molecule has 2 N–H and O–H groups in total. The molecule has 3 nitrogen and oxygen atoms in total. The molecule has 0 saturated heterocycles. The Balaban J connectivity index is 2.61. The Morgan fingerprint density at radius 3 is 2.36 bits per heavy atom. The molecule has 3 heteroatoms. The number of rotatable bonds is 4. The second kappa shape index (κ2) is 6.49. The number of aryl methyl sites for hydroxylation is 4. The largest absolute Gasteiger partial charge is 0.320 e. The van der Waals surface area contributed by atoms with E-state index in [0.29, 0.717) is 5.56 Å². The maximum atomic E-state index is 12.9. The summed E-state index contributed by atoms with van der Waals surface area (Å²) in [4.78, 5) is 12.9. The highest BCUT2D eigenvalue weighted by molar-refractivity contribution is 5.41. The van der Waals surface area contributed by atoms with Gasteiger partial charge in [0.25, 0.3) is 5.56 Å². The molecule has 1 heterocycles. The van der Waals surface area contributed by atoms with Crippen molar-refractivity contribution in [3.8, 4) is 0 Å².